The molecule has 458 valence electrons. The number of hydrogen-bond acceptors (Lipinski definition) is 23. The van der Waals surface area contributed by atoms with Crippen LogP contribution in [0.25, 0.3) is 43.4 Å². The molecular formula is C61H59N13O9S6. The van der Waals surface area contributed by atoms with Crippen molar-refractivity contribution in [3.05, 3.63) is 153 Å². The number of β-amino-alcohol motifs (C(OH)–C–C–N with tert-alkyl or cyclic N) is 1. The number of aliphatic hydroxyl groups is 3. The highest BCUT2D eigenvalue weighted by Crippen LogP contribution is 2.43. The van der Waals surface area contributed by atoms with E-state index in [-0.39, 0.29) is 71.1 Å². The van der Waals surface area contributed by atoms with Crippen LogP contribution in [0.5, 0.6) is 0 Å². The Labute approximate surface area is 534 Å². The van der Waals surface area contributed by atoms with Crippen LogP contribution < -0.4 is 16.4 Å². The van der Waals surface area contributed by atoms with Crippen LogP contribution in [0, 0.1) is 19.8 Å². The van der Waals surface area contributed by atoms with Crippen LogP contribution in [0.1, 0.15) is 122 Å². The van der Waals surface area contributed by atoms with Crippen molar-refractivity contribution in [1.29, 1.82) is 0 Å². The number of aliphatic hydroxyl groups excluding tert-OH is 3. The Kier molecular flexibility index (Phi) is 18.2. The van der Waals surface area contributed by atoms with Gasteiger partial charge in [0.2, 0.25) is 11.8 Å². The molecular weight excluding hydrogens is 1250 g/mol. The van der Waals surface area contributed by atoms with E-state index in [1.54, 1.807) is 69.9 Å². The zero-order chi connectivity index (χ0) is 62.2. The van der Waals surface area contributed by atoms with Gasteiger partial charge in [0.05, 0.1) is 48.0 Å². The molecule has 5 amide bonds. The molecule has 12 rings (SSSR count). The summed E-state index contributed by atoms with van der Waals surface area (Å²) in [4.78, 5) is 125. The van der Waals surface area contributed by atoms with Gasteiger partial charge in [0, 0.05) is 101 Å². The second kappa shape index (κ2) is 26.4. The fraction of sp³-hybridized carbons (Fsp3) is 0.328. The first-order valence-electron chi connectivity index (χ1n) is 28.6. The number of pyridine rings is 1. The molecule has 3 aliphatic heterocycles. The maximum absolute atomic E-state index is 15.3. The number of nitrogens with two attached hydrogens (primary N) is 1. The molecule has 10 heterocycles. The number of nitrogens with one attached hydrogen (secondary N) is 2. The molecule has 0 aliphatic carbocycles. The second-order valence-corrected chi connectivity index (χ2v) is 27.6. The molecule has 2 fully saturated rings. The molecule has 22 nitrogen and oxygen atoms in total. The van der Waals surface area contributed by atoms with Crippen molar-refractivity contribution in [3.8, 4) is 43.4 Å². The quantitative estimate of drug-likeness (QED) is 0.0771. The molecule has 0 radical (unpaired) electrons. The number of nitrogens with zero attached hydrogens (tertiary/aromatic N) is 10. The van der Waals surface area contributed by atoms with E-state index < -0.39 is 71.6 Å². The minimum atomic E-state index is -1.28. The molecule has 10 bridgehead atoms. The lowest BCUT2D eigenvalue weighted by Crippen LogP contribution is -2.50. The largest absolute Gasteiger partial charge is 0.395 e. The van der Waals surface area contributed by atoms with E-state index in [2.05, 4.69) is 15.5 Å². The Morgan fingerprint density at radius 1 is 0.685 bits per heavy atom. The number of aromatic nitrogens is 7. The summed E-state index contributed by atoms with van der Waals surface area (Å²) < 4.78 is 0. The number of Topliss-reactive ketones (excluding diaryl/α,β-unsaturated/α-hetero) is 1. The van der Waals surface area contributed by atoms with Gasteiger partial charge in [-0.15, -0.1) is 68.0 Å². The standard InChI is InChI=1S/C61H59N13O9S6/c1-30-9-11-33(12-10-30)21-39-61(83)74-24-46(77)31(2)50(74)59-69-43(28-88-59)57-66-40(25-86-57)49-35(13-14-37(63-49)56-70-44(29-87-56)60(82)73-17-15-72(16-18-73)19-20-75)54-67-41(26-84-54)52(80)64-38(23-47(62)78)58-71-48(32(3)89-58)45(76)22-36(51(79)34-7-5-4-6-8-34)55-68-42(27-85-55)53(81)65-39/h4-14,25-29,31,36,38-39,46,50-51,75,77,79H,15-24H2,1-3H3,(H2,62,78)(H,64,80)(H,65,81)/t31-,36-,38-,39-,46-,50-,51+/m0/s1. The van der Waals surface area contributed by atoms with E-state index >= 15 is 4.79 Å². The predicted molar refractivity (Wildman–Crippen MR) is 340 cm³/mol. The summed E-state index contributed by atoms with van der Waals surface area (Å²) in [6.45, 7) is 8.28. The molecule has 7 aromatic heterocycles. The second-order valence-electron chi connectivity index (χ2n) is 22.0. The number of primary amides is 1. The van der Waals surface area contributed by atoms with Crippen molar-refractivity contribution >= 4 is 103 Å². The fourth-order valence-corrected chi connectivity index (χ4v) is 16.5. The Bertz CT molecular complexity index is 4120. The van der Waals surface area contributed by atoms with Gasteiger partial charge in [0.15, 0.2) is 5.78 Å². The van der Waals surface area contributed by atoms with Crippen molar-refractivity contribution in [2.45, 2.75) is 76.3 Å². The summed E-state index contributed by atoms with van der Waals surface area (Å²) in [6.07, 6.45) is -2.81. The first-order valence-corrected chi connectivity index (χ1v) is 33.8. The first kappa shape index (κ1) is 61.5. The number of ketones is 1. The molecule has 0 unspecified atom stereocenters. The summed E-state index contributed by atoms with van der Waals surface area (Å²) in [5, 5.41) is 49.8. The van der Waals surface area contributed by atoms with Gasteiger partial charge in [0.1, 0.15) is 70.9 Å². The van der Waals surface area contributed by atoms with Gasteiger partial charge in [-0.2, -0.15) is 0 Å². The average molecular weight is 1310 g/mol. The summed E-state index contributed by atoms with van der Waals surface area (Å²) in [5.74, 6) is -4.68. The van der Waals surface area contributed by atoms with E-state index in [4.69, 9.17) is 40.6 Å². The van der Waals surface area contributed by atoms with E-state index in [0.29, 0.717) is 91.5 Å². The maximum Gasteiger partial charge on any atom is 0.273 e. The number of thiazole rings is 6. The third kappa shape index (κ3) is 13.2. The Hall–Kier alpha value is -7.77. The van der Waals surface area contributed by atoms with E-state index in [1.165, 1.54) is 50.7 Å². The van der Waals surface area contributed by atoms with Crippen LogP contribution in [0.3, 0.4) is 0 Å². The fourth-order valence-electron chi connectivity index (χ4n) is 11.1. The predicted octanol–water partition coefficient (Wildman–Crippen LogP) is 7.53. The number of hydrogen-bond donors (Lipinski definition) is 6. The van der Waals surface area contributed by atoms with Gasteiger partial charge in [-0.3, -0.25) is 33.7 Å². The monoisotopic (exact) mass is 1310 g/mol. The normalized spacial score (nSPS) is 20.7. The van der Waals surface area contributed by atoms with Gasteiger partial charge in [-0.1, -0.05) is 67.1 Å². The molecule has 2 aromatic carbocycles. The minimum Gasteiger partial charge on any atom is -0.395 e. The number of fused-ring (bicyclic) bond motifs is 16. The topological polar surface area (TPSA) is 313 Å². The summed E-state index contributed by atoms with van der Waals surface area (Å²) >= 11 is 7.24. The van der Waals surface area contributed by atoms with Crippen LogP contribution in [0.2, 0.25) is 0 Å². The number of carbonyl (C=O) groups is 6. The number of piperazine rings is 1. The van der Waals surface area contributed by atoms with Gasteiger partial charge >= 0.3 is 0 Å². The Balaban J connectivity index is 0.938. The SMILES string of the molecule is Cc1ccc(C[C@@H]2NC(=O)c3csc(n3)[C@H]([C@H](O)c3ccccc3)CC(=O)c3nc(sc3C)[C@H](CC(N)=O)NC(=O)c3csc(n3)-c3ccc(-c4nc(C(=O)N5CCN(CCO)CC5)cs4)nc3-c3csc(n3)-c3csc(n3)[C@@H]3[C@@H](C)[C@@H](O)CN3C2=O)cc1. The van der Waals surface area contributed by atoms with Gasteiger partial charge in [-0.05, 0) is 37.1 Å². The van der Waals surface area contributed by atoms with Crippen molar-refractivity contribution in [2.24, 2.45) is 11.7 Å². The lowest BCUT2D eigenvalue weighted by atomic mass is 9.90. The third-order valence-corrected chi connectivity index (χ3v) is 21.6. The van der Waals surface area contributed by atoms with Crippen molar-refractivity contribution in [3.63, 3.8) is 0 Å². The number of rotatable bonds is 10. The lowest BCUT2D eigenvalue weighted by Gasteiger charge is -2.33. The molecule has 89 heavy (non-hydrogen) atoms. The number of benzene rings is 2. The molecule has 2 saturated heterocycles. The van der Waals surface area contributed by atoms with Crippen LogP contribution in [-0.2, 0) is 16.0 Å². The number of aryl methyl sites for hydroxylation is 2. The van der Waals surface area contributed by atoms with E-state index in [1.807, 2.05) is 48.9 Å². The Morgan fingerprint density at radius 2 is 1.34 bits per heavy atom. The summed E-state index contributed by atoms with van der Waals surface area (Å²) in [7, 11) is 0. The highest BCUT2D eigenvalue weighted by atomic mass is 32.1. The number of amides is 5. The lowest BCUT2D eigenvalue weighted by molar-refractivity contribution is -0.134. The maximum atomic E-state index is 15.3. The van der Waals surface area contributed by atoms with Crippen molar-refractivity contribution < 1.29 is 44.1 Å². The highest BCUT2D eigenvalue weighted by molar-refractivity contribution is 7.15. The van der Waals surface area contributed by atoms with Crippen LogP contribution in [0.15, 0.2) is 93.6 Å². The molecule has 7 atom stereocenters. The van der Waals surface area contributed by atoms with E-state index in [0.717, 1.165) is 33.8 Å². The van der Waals surface area contributed by atoms with E-state index in [9.17, 15) is 39.3 Å². The molecule has 0 spiro atoms. The zero-order valence-corrected chi connectivity index (χ0v) is 53.0. The summed E-state index contributed by atoms with van der Waals surface area (Å²) in [6, 6.07) is 17.0. The molecule has 9 aromatic rings. The van der Waals surface area contributed by atoms with Crippen molar-refractivity contribution in [1.82, 2.24) is 60.2 Å². The van der Waals surface area contributed by atoms with Gasteiger partial charge in [0.25, 0.3) is 17.7 Å². The summed E-state index contributed by atoms with van der Waals surface area (Å²) in [5.41, 5.74) is 10.6. The zero-order valence-electron chi connectivity index (χ0n) is 48.1. The van der Waals surface area contributed by atoms with Crippen LogP contribution >= 0.6 is 68.0 Å². The van der Waals surface area contributed by atoms with Gasteiger partial charge in [-0.25, -0.2) is 34.9 Å². The molecule has 7 N–H and O–H groups in total. The minimum absolute atomic E-state index is 0.00627. The van der Waals surface area contributed by atoms with Crippen LogP contribution in [0.4, 0.5) is 0 Å². The number of carbonyl (C=O) groups excluding carboxylic acids is 6. The van der Waals surface area contributed by atoms with Crippen LogP contribution in [-0.4, -0.2) is 158 Å². The third-order valence-electron chi connectivity index (χ3n) is 16.0. The Morgan fingerprint density at radius 3 is 2.09 bits per heavy atom. The smallest absolute Gasteiger partial charge is 0.273 e. The first-order chi connectivity index (χ1) is 43.0. The molecule has 0 saturated carbocycles. The molecule has 3 aliphatic rings. The van der Waals surface area contributed by atoms with Gasteiger partial charge < -0.3 is 41.5 Å². The average Bonchev–Trinajstić information content (AvgIpc) is 1.72. The highest BCUT2D eigenvalue weighted by Gasteiger charge is 2.46. The van der Waals surface area contributed by atoms with Crippen molar-refractivity contribution in [2.75, 3.05) is 45.9 Å². The molecule has 28 heteroatoms.